The van der Waals surface area contributed by atoms with Gasteiger partial charge >= 0.3 is 0 Å². The van der Waals surface area contributed by atoms with Crippen molar-refractivity contribution >= 4 is 8.32 Å². The number of hydrogen-bond acceptors (Lipinski definition) is 2. The van der Waals surface area contributed by atoms with Crippen molar-refractivity contribution in [2.75, 3.05) is 7.11 Å². The first-order valence-corrected chi connectivity index (χ1v) is 12.9. The minimum atomic E-state index is -1.76. The normalized spacial score (nSPS) is 32.5. The Kier molecular flexibility index (Phi) is 6.00. The Labute approximate surface area is 157 Å². The summed E-state index contributed by atoms with van der Waals surface area (Å²) in [5, 5.41) is 0.265. The SMILES string of the molecule is CO/C=C1\CC[C@@H](O[Si](C)(C)C(C)(C)C)[C@]2(C)CCC(=C(C)C)C[C@@H]12. The van der Waals surface area contributed by atoms with E-state index < -0.39 is 8.32 Å². The summed E-state index contributed by atoms with van der Waals surface area (Å²) < 4.78 is 12.4. The van der Waals surface area contributed by atoms with E-state index in [1.54, 1.807) is 12.7 Å². The van der Waals surface area contributed by atoms with Crippen molar-refractivity contribution < 1.29 is 9.16 Å². The number of methoxy groups -OCH3 is 1. The summed E-state index contributed by atoms with van der Waals surface area (Å²) in [5.74, 6) is 0.564. The van der Waals surface area contributed by atoms with Crippen molar-refractivity contribution in [3.05, 3.63) is 23.0 Å². The lowest BCUT2D eigenvalue weighted by atomic mass is 9.56. The van der Waals surface area contributed by atoms with Crippen LogP contribution in [-0.2, 0) is 9.16 Å². The number of hydrogen-bond donors (Lipinski definition) is 0. The van der Waals surface area contributed by atoms with Crippen LogP contribution in [0.15, 0.2) is 23.0 Å². The lowest BCUT2D eigenvalue weighted by molar-refractivity contribution is -0.0269. The van der Waals surface area contributed by atoms with Crippen molar-refractivity contribution in [3.63, 3.8) is 0 Å². The van der Waals surface area contributed by atoms with Crippen LogP contribution < -0.4 is 0 Å². The van der Waals surface area contributed by atoms with E-state index in [9.17, 15) is 0 Å². The zero-order valence-electron chi connectivity index (χ0n) is 18.1. The highest BCUT2D eigenvalue weighted by Gasteiger charge is 2.51. The molecule has 0 unspecified atom stereocenters. The van der Waals surface area contributed by atoms with Crippen LogP contribution in [0, 0.1) is 11.3 Å². The first-order valence-electron chi connectivity index (χ1n) is 9.97. The second-order valence-corrected chi connectivity index (χ2v) is 15.0. The van der Waals surface area contributed by atoms with Crippen LogP contribution in [0.4, 0.5) is 0 Å². The number of allylic oxidation sites excluding steroid dienone is 3. The Bertz CT molecular complexity index is 549. The minimum Gasteiger partial charge on any atom is -0.504 e. The van der Waals surface area contributed by atoms with E-state index >= 15 is 0 Å². The largest absolute Gasteiger partial charge is 0.504 e. The summed E-state index contributed by atoms with van der Waals surface area (Å²) in [4.78, 5) is 0. The van der Waals surface area contributed by atoms with Crippen molar-refractivity contribution in [2.24, 2.45) is 11.3 Å². The van der Waals surface area contributed by atoms with Gasteiger partial charge in [-0.05, 0) is 81.0 Å². The third-order valence-corrected chi connectivity index (χ3v) is 11.8. The molecule has 0 aromatic rings. The maximum Gasteiger partial charge on any atom is 0.192 e. The highest BCUT2D eigenvalue weighted by molar-refractivity contribution is 6.74. The van der Waals surface area contributed by atoms with Gasteiger partial charge in [0.05, 0.1) is 19.5 Å². The molecule has 2 aliphatic carbocycles. The fraction of sp³-hybridized carbons (Fsp3) is 0.818. The summed E-state index contributed by atoms with van der Waals surface area (Å²) in [6.07, 6.45) is 8.31. The fourth-order valence-corrected chi connectivity index (χ4v) is 5.84. The topological polar surface area (TPSA) is 18.5 Å². The Morgan fingerprint density at radius 2 is 1.84 bits per heavy atom. The minimum absolute atomic E-state index is 0.233. The van der Waals surface area contributed by atoms with Crippen LogP contribution in [0.3, 0.4) is 0 Å². The third kappa shape index (κ3) is 4.08. The van der Waals surface area contributed by atoms with Gasteiger partial charge in [0.15, 0.2) is 8.32 Å². The zero-order chi connectivity index (χ0) is 19.0. The third-order valence-electron chi connectivity index (χ3n) is 7.31. The van der Waals surface area contributed by atoms with Crippen LogP contribution in [0.1, 0.15) is 73.6 Å². The summed E-state index contributed by atoms with van der Waals surface area (Å²) in [5.41, 5.74) is 4.89. The highest BCUT2D eigenvalue weighted by atomic mass is 28.4. The van der Waals surface area contributed by atoms with E-state index in [0.717, 1.165) is 12.8 Å². The number of fused-ring (bicyclic) bond motifs is 1. The van der Waals surface area contributed by atoms with Gasteiger partial charge < -0.3 is 9.16 Å². The molecule has 25 heavy (non-hydrogen) atoms. The van der Waals surface area contributed by atoms with Gasteiger partial charge in [0.2, 0.25) is 0 Å². The van der Waals surface area contributed by atoms with Crippen molar-refractivity contribution in [3.8, 4) is 0 Å². The van der Waals surface area contributed by atoms with Crippen LogP contribution in [-0.4, -0.2) is 21.5 Å². The first kappa shape index (κ1) is 20.8. The van der Waals surface area contributed by atoms with E-state index in [2.05, 4.69) is 54.6 Å². The van der Waals surface area contributed by atoms with Crippen LogP contribution >= 0.6 is 0 Å². The molecule has 144 valence electrons. The molecule has 3 heteroatoms. The predicted octanol–water partition coefficient (Wildman–Crippen LogP) is 6.84. The maximum atomic E-state index is 6.99. The standard InChI is InChI=1S/C22H40O2Si/c1-16(2)17-12-13-22(6)19(14-17)18(15-23-7)10-11-20(22)24-25(8,9)21(3,4)5/h15,19-20H,10-14H2,1-9H3/b18-15+/t19-,20+,22+/m0/s1. The molecular formula is C22H40O2Si. The van der Waals surface area contributed by atoms with E-state index in [0.29, 0.717) is 12.0 Å². The molecule has 0 saturated heterocycles. The Morgan fingerprint density at radius 3 is 2.36 bits per heavy atom. The molecular weight excluding hydrogens is 324 g/mol. The number of ether oxygens (including phenoxy) is 1. The van der Waals surface area contributed by atoms with Gasteiger partial charge in [-0.25, -0.2) is 0 Å². The van der Waals surface area contributed by atoms with Gasteiger partial charge in [0.1, 0.15) is 0 Å². The second kappa shape index (κ2) is 7.23. The van der Waals surface area contributed by atoms with Crippen LogP contribution in [0.5, 0.6) is 0 Å². The lowest BCUT2D eigenvalue weighted by Gasteiger charge is -2.54. The molecule has 0 radical (unpaired) electrons. The summed E-state index contributed by atoms with van der Waals surface area (Å²) in [7, 11) is 0.0272. The molecule has 2 rings (SSSR count). The maximum absolute atomic E-state index is 6.99. The smallest absolute Gasteiger partial charge is 0.192 e. The van der Waals surface area contributed by atoms with Crippen molar-refractivity contribution in [1.82, 2.24) is 0 Å². The molecule has 2 aliphatic rings. The molecule has 0 N–H and O–H groups in total. The quantitative estimate of drug-likeness (QED) is 0.310. The highest BCUT2D eigenvalue weighted by Crippen LogP contribution is 2.56. The van der Waals surface area contributed by atoms with E-state index in [-0.39, 0.29) is 10.5 Å². The molecule has 0 aromatic carbocycles. The van der Waals surface area contributed by atoms with Crippen molar-refractivity contribution in [1.29, 1.82) is 0 Å². The molecule has 0 heterocycles. The molecule has 0 bridgehead atoms. The van der Waals surface area contributed by atoms with E-state index in [4.69, 9.17) is 9.16 Å². The van der Waals surface area contributed by atoms with Crippen LogP contribution in [0.2, 0.25) is 18.1 Å². The summed E-state index contributed by atoms with van der Waals surface area (Å²) in [6, 6.07) is 0. The molecule has 3 atom stereocenters. The van der Waals surface area contributed by atoms with Gasteiger partial charge in [-0.2, -0.15) is 0 Å². The Balaban J connectivity index is 2.34. The Hall–Kier alpha value is -0.543. The molecule has 2 saturated carbocycles. The molecule has 0 spiro atoms. The first-order chi connectivity index (χ1) is 11.4. The molecule has 2 nitrogen and oxygen atoms in total. The fourth-order valence-electron chi connectivity index (χ4n) is 4.39. The van der Waals surface area contributed by atoms with E-state index in [1.165, 1.54) is 30.4 Å². The Morgan fingerprint density at radius 1 is 1.20 bits per heavy atom. The number of rotatable bonds is 3. The average Bonchev–Trinajstić information content (AvgIpc) is 2.48. The van der Waals surface area contributed by atoms with Gasteiger partial charge in [-0.1, -0.05) is 38.8 Å². The van der Waals surface area contributed by atoms with E-state index in [1.807, 2.05) is 6.26 Å². The second-order valence-electron chi connectivity index (χ2n) is 10.2. The lowest BCUT2D eigenvalue weighted by Crippen LogP contribution is -2.53. The molecule has 0 aliphatic heterocycles. The van der Waals surface area contributed by atoms with Gasteiger partial charge in [0.25, 0.3) is 0 Å². The van der Waals surface area contributed by atoms with Gasteiger partial charge in [-0.3, -0.25) is 0 Å². The van der Waals surface area contributed by atoms with Crippen LogP contribution in [0.25, 0.3) is 0 Å². The zero-order valence-corrected chi connectivity index (χ0v) is 19.1. The summed E-state index contributed by atoms with van der Waals surface area (Å²) in [6.45, 7) is 18.9. The predicted molar refractivity (Wildman–Crippen MR) is 110 cm³/mol. The average molecular weight is 365 g/mol. The van der Waals surface area contributed by atoms with Crippen molar-refractivity contribution in [2.45, 2.75) is 97.9 Å². The molecule has 0 amide bonds. The molecule has 2 fully saturated rings. The monoisotopic (exact) mass is 364 g/mol. The summed E-state index contributed by atoms with van der Waals surface area (Å²) >= 11 is 0. The van der Waals surface area contributed by atoms with Gasteiger partial charge in [0, 0.05) is 0 Å². The van der Waals surface area contributed by atoms with Gasteiger partial charge in [-0.15, -0.1) is 0 Å². The molecule has 0 aromatic heterocycles.